The number of esters is 1. The van der Waals surface area contributed by atoms with Gasteiger partial charge < -0.3 is 9.84 Å². The number of thiazole rings is 1. The van der Waals surface area contributed by atoms with E-state index >= 15 is 0 Å². The number of carbonyl (C=O) groups is 2. The maximum absolute atomic E-state index is 13.0. The molecular weight excluding hydrogens is 418 g/mol. The predicted molar refractivity (Wildman–Crippen MR) is 116 cm³/mol. The number of Topliss-reactive ketones (excluding diaryl/α,β-unsaturated/α-hetero) is 1. The Kier molecular flexibility index (Phi) is 6.45. The van der Waals surface area contributed by atoms with Gasteiger partial charge in [0.1, 0.15) is 11.4 Å². The summed E-state index contributed by atoms with van der Waals surface area (Å²) >= 11 is 2.61. The molecule has 156 valence electrons. The second-order valence-corrected chi connectivity index (χ2v) is 10.0. The molecule has 2 unspecified atom stereocenters. The standard InChI is InChI=1S/C23H23NO4S2/c25-18-10-5-7-16(14-18)6-3-4-11-23(17-8-1-2-9-17)15-19(26)20(21(27)28-23)30-22-24-12-13-29-22/h5,7,10,12-14,17,20,25H,1-2,4,8-9,11,15H2. The van der Waals surface area contributed by atoms with Crippen LogP contribution in [0.1, 0.15) is 50.5 Å². The molecule has 1 aliphatic carbocycles. The summed E-state index contributed by atoms with van der Waals surface area (Å²) in [7, 11) is 0. The number of phenolic OH excluding ortho intramolecular Hbond substituents is 1. The minimum atomic E-state index is -0.830. The molecule has 0 bridgehead atoms. The molecule has 2 aromatic rings. The second-order valence-electron chi connectivity index (χ2n) is 7.76. The van der Waals surface area contributed by atoms with Gasteiger partial charge in [0, 0.05) is 30.0 Å². The number of thioether (sulfide) groups is 1. The molecule has 2 aliphatic rings. The van der Waals surface area contributed by atoms with E-state index in [2.05, 4.69) is 16.8 Å². The first kappa shape index (κ1) is 21.0. The Hall–Kier alpha value is -2.30. The number of rotatable bonds is 5. The molecule has 1 aliphatic heterocycles. The summed E-state index contributed by atoms with van der Waals surface area (Å²) in [6.07, 6.45) is 7.15. The highest BCUT2D eigenvalue weighted by Crippen LogP contribution is 2.45. The molecule has 1 N–H and O–H groups in total. The van der Waals surface area contributed by atoms with Crippen LogP contribution in [0, 0.1) is 17.8 Å². The van der Waals surface area contributed by atoms with Gasteiger partial charge in [-0.25, -0.2) is 4.98 Å². The van der Waals surface area contributed by atoms with Crippen molar-refractivity contribution in [2.75, 3.05) is 0 Å². The van der Waals surface area contributed by atoms with Gasteiger partial charge in [-0.3, -0.25) is 9.59 Å². The zero-order chi connectivity index (χ0) is 21.0. The molecule has 4 rings (SSSR count). The first-order valence-corrected chi connectivity index (χ1v) is 11.9. The molecule has 0 radical (unpaired) electrons. The summed E-state index contributed by atoms with van der Waals surface area (Å²) < 4.78 is 6.75. The van der Waals surface area contributed by atoms with E-state index in [1.807, 2.05) is 11.4 Å². The number of ketones is 1. The van der Waals surface area contributed by atoms with Crippen molar-refractivity contribution >= 4 is 34.9 Å². The number of hydrogen-bond acceptors (Lipinski definition) is 7. The maximum atomic E-state index is 13.0. The van der Waals surface area contributed by atoms with Crippen LogP contribution in [0.3, 0.4) is 0 Å². The van der Waals surface area contributed by atoms with Gasteiger partial charge in [-0.05, 0) is 43.4 Å². The SMILES string of the molecule is O=C1CC(CCC#Cc2cccc(O)c2)(C2CCCC2)OC(=O)C1Sc1nccs1. The molecule has 2 heterocycles. The van der Waals surface area contributed by atoms with Crippen LogP contribution in [0.25, 0.3) is 0 Å². The lowest BCUT2D eigenvalue weighted by atomic mass is 9.76. The van der Waals surface area contributed by atoms with Gasteiger partial charge >= 0.3 is 5.97 Å². The molecule has 5 nitrogen and oxygen atoms in total. The smallest absolute Gasteiger partial charge is 0.327 e. The van der Waals surface area contributed by atoms with E-state index in [1.54, 1.807) is 24.4 Å². The van der Waals surface area contributed by atoms with Crippen molar-refractivity contribution in [2.45, 2.75) is 60.1 Å². The van der Waals surface area contributed by atoms with Gasteiger partial charge in [0.25, 0.3) is 0 Å². The Morgan fingerprint density at radius 3 is 2.83 bits per heavy atom. The molecule has 2 fully saturated rings. The molecule has 0 spiro atoms. The number of hydrogen-bond donors (Lipinski definition) is 1. The highest BCUT2D eigenvalue weighted by molar-refractivity contribution is 8.03. The number of carbonyl (C=O) groups excluding carboxylic acids is 2. The fourth-order valence-electron chi connectivity index (χ4n) is 4.34. The summed E-state index contributed by atoms with van der Waals surface area (Å²) in [5.74, 6) is 6.04. The number of ether oxygens (including phenoxy) is 1. The van der Waals surface area contributed by atoms with Crippen LogP contribution in [0.5, 0.6) is 5.75 Å². The minimum Gasteiger partial charge on any atom is -0.508 e. The fourth-order valence-corrected chi connectivity index (χ4v) is 6.06. The summed E-state index contributed by atoms with van der Waals surface area (Å²) in [6, 6.07) is 6.81. The Morgan fingerprint density at radius 1 is 1.30 bits per heavy atom. The number of phenols is 1. The van der Waals surface area contributed by atoms with E-state index in [9.17, 15) is 14.7 Å². The summed E-state index contributed by atoms with van der Waals surface area (Å²) in [4.78, 5) is 30.0. The van der Waals surface area contributed by atoms with E-state index in [0.717, 1.165) is 31.2 Å². The minimum absolute atomic E-state index is 0.0701. The van der Waals surface area contributed by atoms with Crippen LogP contribution in [0.15, 0.2) is 40.2 Å². The van der Waals surface area contributed by atoms with Crippen LogP contribution >= 0.6 is 23.1 Å². The Labute approximate surface area is 184 Å². The van der Waals surface area contributed by atoms with Crippen LogP contribution in [0.4, 0.5) is 0 Å². The molecule has 2 atom stereocenters. The highest BCUT2D eigenvalue weighted by Gasteiger charge is 2.51. The molecular formula is C23H23NO4S2. The number of cyclic esters (lactones) is 1. The van der Waals surface area contributed by atoms with E-state index in [4.69, 9.17) is 4.74 Å². The van der Waals surface area contributed by atoms with Crippen LogP contribution in [-0.4, -0.2) is 32.7 Å². The van der Waals surface area contributed by atoms with Crippen LogP contribution in [-0.2, 0) is 14.3 Å². The van der Waals surface area contributed by atoms with Gasteiger partial charge in [-0.1, -0.05) is 42.5 Å². The maximum Gasteiger partial charge on any atom is 0.327 e. The summed E-state index contributed by atoms with van der Waals surface area (Å²) in [5, 5.41) is 10.6. The average Bonchev–Trinajstić information content (AvgIpc) is 3.43. The largest absolute Gasteiger partial charge is 0.508 e. The molecule has 1 aromatic carbocycles. The lowest BCUT2D eigenvalue weighted by molar-refractivity contribution is -0.177. The number of aromatic nitrogens is 1. The zero-order valence-electron chi connectivity index (χ0n) is 16.5. The number of nitrogens with zero attached hydrogens (tertiary/aromatic N) is 1. The van der Waals surface area contributed by atoms with Crippen molar-refractivity contribution in [3.8, 4) is 17.6 Å². The lowest BCUT2D eigenvalue weighted by Gasteiger charge is -2.42. The number of aromatic hydroxyl groups is 1. The highest BCUT2D eigenvalue weighted by atomic mass is 32.2. The topological polar surface area (TPSA) is 76.5 Å². The zero-order valence-corrected chi connectivity index (χ0v) is 18.1. The molecule has 0 amide bonds. The van der Waals surface area contributed by atoms with E-state index in [-0.39, 0.29) is 23.9 Å². The third-order valence-electron chi connectivity index (χ3n) is 5.76. The van der Waals surface area contributed by atoms with Crippen molar-refractivity contribution in [1.29, 1.82) is 0 Å². The monoisotopic (exact) mass is 441 g/mol. The van der Waals surface area contributed by atoms with Crippen molar-refractivity contribution in [3.05, 3.63) is 41.4 Å². The second kappa shape index (κ2) is 9.23. The van der Waals surface area contributed by atoms with E-state index < -0.39 is 16.8 Å². The van der Waals surface area contributed by atoms with Gasteiger partial charge in [0.15, 0.2) is 15.4 Å². The summed E-state index contributed by atoms with van der Waals surface area (Å²) in [5.41, 5.74) is -0.0143. The van der Waals surface area contributed by atoms with Gasteiger partial charge in [0.2, 0.25) is 0 Å². The quantitative estimate of drug-likeness (QED) is 0.416. The Bertz CT molecular complexity index is 953. The fraction of sp³-hybridized carbons (Fsp3) is 0.435. The van der Waals surface area contributed by atoms with E-state index in [1.165, 1.54) is 23.1 Å². The molecule has 1 saturated heterocycles. The Morgan fingerprint density at radius 2 is 2.13 bits per heavy atom. The normalized spacial score (nSPS) is 24.3. The van der Waals surface area contributed by atoms with Gasteiger partial charge in [-0.15, -0.1) is 11.3 Å². The van der Waals surface area contributed by atoms with Crippen molar-refractivity contribution in [1.82, 2.24) is 4.98 Å². The van der Waals surface area contributed by atoms with E-state index in [0.29, 0.717) is 17.2 Å². The lowest BCUT2D eigenvalue weighted by Crippen LogP contribution is -2.52. The molecule has 1 saturated carbocycles. The van der Waals surface area contributed by atoms with Crippen LogP contribution < -0.4 is 0 Å². The third kappa shape index (κ3) is 4.71. The van der Waals surface area contributed by atoms with Gasteiger partial charge in [0.05, 0.1) is 0 Å². The van der Waals surface area contributed by atoms with Crippen molar-refractivity contribution < 1.29 is 19.4 Å². The molecule has 7 heteroatoms. The number of benzene rings is 1. The average molecular weight is 442 g/mol. The predicted octanol–water partition coefficient (Wildman–Crippen LogP) is 4.59. The summed E-state index contributed by atoms with van der Waals surface area (Å²) in [6.45, 7) is 0. The van der Waals surface area contributed by atoms with Crippen molar-refractivity contribution in [2.24, 2.45) is 5.92 Å². The molecule has 1 aromatic heterocycles. The first-order chi connectivity index (χ1) is 14.6. The third-order valence-corrected chi connectivity index (χ3v) is 7.90. The Balaban J connectivity index is 1.48. The van der Waals surface area contributed by atoms with Crippen LogP contribution in [0.2, 0.25) is 0 Å². The molecule has 30 heavy (non-hydrogen) atoms. The van der Waals surface area contributed by atoms with Gasteiger partial charge in [-0.2, -0.15) is 0 Å². The first-order valence-electron chi connectivity index (χ1n) is 10.2. The van der Waals surface area contributed by atoms with Crippen molar-refractivity contribution in [3.63, 3.8) is 0 Å².